The molecule has 19 heavy (non-hydrogen) atoms. The van der Waals surface area contributed by atoms with Crippen LogP contribution >= 0.6 is 0 Å². The number of hydrogen-bond donors (Lipinski definition) is 2. The summed E-state index contributed by atoms with van der Waals surface area (Å²) in [5.41, 5.74) is 6.11. The van der Waals surface area contributed by atoms with E-state index in [0.29, 0.717) is 18.0 Å². The van der Waals surface area contributed by atoms with Gasteiger partial charge in [0.15, 0.2) is 0 Å². The van der Waals surface area contributed by atoms with Crippen LogP contribution in [-0.2, 0) is 0 Å². The van der Waals surface area contributed by atoms with Crippen LogP contribution in [0.15, 0.2) is 18.5 Å². The number of rotatable bonds is 3. The van der Waals surface area contributed by atoms with Gasteiger partial charge in [0.2, 0.25) is 0 Å². The van der Waals surface area contributed by atoms with E-state index >= 15 is 0 Å². The summed E-state index contributed by atoms with van der Waals surface area (Å²) in [4.78, 5) is 17.9. The molecule has 1 heterocycles. The van der Waals surface area contributed by atoms with Gasteiger partial charge in [-0.2, -0.15) is 0 Å². The molecule has 1 aromatic rings. The molecule has 1 amide bonds. The number of hydrogen-bond acceptors (Lipinski definition) is 4. The Kier molecular flexibility index (Phi) is 4.37. The van der Waals surface area contributed by atoms with E-state index in [1.165, 1.54) is 18.8 Å². The van der Waals surface area contributed by atoms with Gasteiger partial charge in [-0.3, -0.25) is 9.78 Å². The van der Waals surface area contributed by atoms with E-state index in [0.717, 1.165) is 19.3 Å². The molecule has 104 valence electrons. The lowest BCUT2D eigenvalue weighted by Gasteiger charge is -2.37. The van der Waals surface area contributed by atoms with Crippen LogP contribution in [-0.4, -0.2) is 40.5 Å². The standard InChI is InChI=1S/C14H21N3O2/c1-17(12-5-3-2-4-10(12)8-15)14(19)11-6-7-16-9-13(11)18/h6-7,9-10,12,18H,2-5,8,15H2,1H3. The monoisotopic (exact) mass is 263 g/mol. The van der Waals surface area contributed by atoms with Crippen LogP contribution in [0.3, 0.4) is 0 Å². The molecule has 5 heteroatoms. The molecule has 5 nitrogen and oxygen atoms in total. The number of aromatic hydroxyl groups is 1. The predicted molar refractivity (Wildman–Crippen MR) is 72.8 cm³/mol. The molecule has 1 saturated carbocycles. The number of carbonyl (C=O) groups excluding carboxylic acids is 1. The van der Waals surface area contributed by atoms with Gasteiger partial charge in [-0.25, -0.2) is 0 Å². The SMILES string of the molecule is CN(C(=O)c1ccncc1O)C1CCCCC1CN. The van der Waals surface area contributed by atoms with Crippen molar-refractivity contribution in [1.29, 1.82) is 0 Å². The van der Waals surface area contributed by atoms with Crippen LogP contribution in [0.2, 0.25) is 0 Å². The first kappa shape index (κ1) is 13.8. The smallest absolute Gasteiger partial charge is 0.257 e. The Balaban J connectivity index is 2.16. The number of amides is 1. The van der Waals surface area contributed by atoms with Gasteiger partial charge in [-0.1, -0.05) is 12.8 Å². The van der Waals surface area contributed by atoms with Gasteiger partial charge in [-0.05, 0) is 31.4 Å². The largest absolute Gasteiger partial charge is 0.505 e. The van der Waals surface area contributed by atoms with Gasteiger partial charge in [0.05, 0.1) is 11.8 Å². The average molecular weight is 263 g/mol. The summed E-state index contributed by atoms with van der Waals surface area (Å²) in [6, 6.07) is 1.72. The molecule has 1 aliphatic rings. The minimum Gasteiger partial charge on any atom is -0.505 e. The molecule has 1 aromatic heterocycles. The van der Waals surface area contributed by atoms with Crippen LogP contribution in [0.1, 0.15) is 36.0 Å². The predicted octanol–water partition coefficient (Wildman–Crippen LogP) is 1.38. The number of aromatic nitrogens is 1. The highest BCUT2D eigenvalue weighted by atomic mass is 16.3. The Morgan fingerprint density at radius 2 is 2.26 bits per heavy atom. The minimum atomic E-state index is -0.162. The summed E-state index contributed by atoms with van der Waals surface area (Å²) < 4.78 is 0. The third-order valence-electron chi connectivity index (χ3n) is 4.02. The van der Waals surface area contributed by atoms with Crippen LogP contribution in [0.5, 0.6) is 5.75 Å². The van der Waals surface area contributed by atoms with E-state index in [4.69, 9.17) is 5.73 Å². The second kappa shape index (κ2) is 6.02. The Morgan fingerprint density at radius 1 is 1.53 bits per heavy atom. The number of nitrogens with two attached hydrogens (primary N) is 1. The van der Waals surface area contributed by atoms with Gasteiger partial charge in [0.1, 0.15) is 5.75 Å². The fraction of sp³-hybridized carbons (Fsp3) is 0.571. The zero-order valence-electron chi connectivity index (χ0n) is 11.2. The van der Waals surface area contributed by atoms with E-state index in [1.807, 2.05) is 0 Å². The molecular formula is C14H21N3O2. The Bertz CT molecular complexity index is 450. The van der Waals surface area contributed by atoms with Crippen molar-refractivity contribution in [1.82, 2.24) is 9.88 Å². The van der Waals surface area contributed by atoms with Crippen molar-refractivity contribution in [3.63, 3.8) is 0 Å². The second-order valence-corrected chi connectivity index (χ2v) is 5.16. The molecule has 3 N–H and O–H groups in total. The van der Waals surface area contributed by atoms with Crippen LogP contribution in [0.25, 0.3) is 0 Å². The fourth-order valence-corrected chi connectivity index (χ4v) is 2.88. The lowest BCUT2D eigenvalue weighted by atomic mass is 9.83. The molecule has 0 radical (unpaired) electrons. The van der Waals surface area contributed by atoms with Crippen molar-refractivity contribution in [2.24, 2.45) is 11.7 Å². The normalized spacial score (nSPS) is 23.1. The quantitative estimate of drug-likeness (QED) is 0.863. The van der Waals surface area contributed by atoms with Gasteiger partial charge < -0.3 is 15.7 Å². The Hall–Kier alpha value is -1.62. The zero-order valence-corrected chi connectivity index (χ0v) is 11.2. The van der Waals surface area contributed by atoms with E-state index in [1.54, 1.807) is 18.0 Å². The minimum absolute atomic E-state index is 0.0699. The molecule has 0 aromatic carbocycles. The first-order chi connectivity index (χ1) is 9.15. The highest BCUT2D eigenvalue weighted by molar-refractivity contribution is 5.96. The third-order valence-corrected chi connectivity index (χ3v) is 4.02. The van der Waals surface area contributed by atoms with Crippen molar-refractivity contribution in [2.45, 2.75) is 31.7 Å². The lowest BCUT2D eigenvalue weighted by Crippen LogP contribution is -2.45. The van der Waals surface area contributed by atoms with E-state index < -0.39 is 0 Å². The van der Waals surface area contributed by atoms with Gasteiger partial charge in [0.25, 0.3) is 5.91 Å². The average Bonchev–Trinajstić information content (AvgIpc) is 2.46. The van der Waals surface area contributed by atoms with E-state index in [-0.39, 0.29) is 17.7 Å². The van der Waals surface area contributed by atoms with E-state index in [2.05, 4.69) is 4.98 Å². The molecule has 1 fully saturated rings. The Labute approximate surface area is 113 Å². The second-order valence-electron chi connectivity index (χ2n) is 5.16. The summed E-state index contributed by atoms with van der Waals surface area (Å²) >= 11 is 0. The summed E-state index contributed by atoms with van der Waals surface area (Å²) in [6.07, 6.45) is 7.17. The topological polar surface area (TPSA) is 79.5 Å². The molecule has 0 spiro atoms. The highest BCUT2D eigenvalue weighted by Crippen LogP contribution is 2.29. The van der Waals surface area contributed by atoms with Gasteiger partial charge >= 0.3 is 0 Å². The first-order valence-electron chi connectivity index (χ1n) is 6.75. The molecule has 1 aliphatic carbocycles. The summed E-state index contributed by atoms with van der Waals surface area (Å²) in [7, 11) is 1.79. The van der Waals surface area contributed by atoms with Crippen molar-refractivity contribution < 1.29 is 9.90 Å². The first-order valence-corrected chi connectivity index (χ1v) is 6.75. The van der Waals surface area contributed by atoms with Crippen LogP contribution < -0.4 is 5.73 Å². The van der Waals surface area contributed by atoms with Gasteiger partial charge in [-0.15, -0.1) is 0 Å². The maximum atomic E-state index is 12.4. The van der Waals surface area contributed by atoms with E-state index in [9.17, 15) is 9.90 Å². The molecule has 2 rings (SSSR count). The maximum absolute atomic E-state index is 12.4. The van der Waals surface area contributed by atoms with Crippen molar-refractivity contribution in [2.75, 3.05) is 13.6 Å². The molecule has 0 aliphatic heterocycles. The lowest BCUT2D eigenvalue weighted by molar-refractivity contribution is 0.0617. The third kappa shape index (κ3) is 2.87. The number of pyridine rings is 1. The van der Waals surface area contributed by atoms with Crippen LogP contribution in [0.4, 0.5) is 0 Å². The molecular weight excluding hydrogens is 242 g/mol. The Morgan fingerprint density at radius 3 is 2.95 bits per heavy atom. The summed E-state index contributed by atoms with van der Waals surface area (Å²) in [5, 5.41) is 9.72. The highest BCUT2D eigenvalue weighted by Gasteiger charge is 2.31. The number of nitrogens with zero attached hydrogens (tertiary/aromatic N) is 2. The summed E-state index contributed by atoms with van der Waals surface area (Å²) in [5.74, 6) is 0.122. The fourth-order valence-electron chi connectivity index (χ4n) is 2.88. The summed E-state index contributed by atoms with van der Waals surface area (Å²) in [6.45, 7) is 0.602. The van der Waals surface area contributed by atoms with Gasteiger partial charge in [0, 0.05) is 19.3 Å². The number of carbonyl (C=O) groups is 1. The zero-order chi connectivity index (χ0) is 13.8. The molecule has 0 saturated heterocycles. The maximum Gasteiger partial charge on any atom is 0.257 e. The van der Waals surface area contributed by atoms with Crippen molar-refractivity contribution >= 4 is 5.91 Å². The van der Waals surface area contributed by atoms with Crippen molar-refractivity contribution in [3.05, 3.63) is 24.0 Å². The van der Waals surface area contributed by atoms with Crippen LogP contribution in [0, 0.1) is 5.92 Å². The molecule has 0 bridgehead atoms. The van der Waals surface area contributed by atoms with Crippen molar-refractivity contribution in [3.8, 4) is 5.75 Å². The molecule has 2 unspecified atom stereocenters. The molecule has 2 atom stereocenters.